The summed E-state index contributed by atoms with van der Waals surface area (Å²) < 4.78 is 5.72. The van der Waals surface area contributed by atoms with Gasteiger partial charge < -0.3 is 10.1 Å². The molecule has 1 amide bonds. The van der Waals surface area contributed by atoms with Crippen molar-refractivity contribution in [3.8, 4) is 11.5 Å². The molecule has 0 atom stereocenters. The number of thiophene rings is 1. The van der Waals surface area contributed by atoms with Gasteiger partial charge in [-0.05, 0) is 60.1 Å². The molecule has 4 nitrogen and oxygen atoms in total. The van der Waals surface area contributed by atoms with Gasteiger partial charge in [0, 0.05) is 5.69 Å². The normalized spacial score (nSPS) is 10.0. The van der Waals surface area contributed by atoms with Crippen molar-refractivity contribution in [3.05, 3.63) is 77.0 Å². The molecule has 6 heteroatoms. The van der Waals surface area contributed by atoms with Crippen LogP contribution < -0.4 is 15.4 Å². The molecular formula is C18H14N2O2S2. The highest BCUT2D eigenvalue weighted by molar-refractivity contribution is 7.80. The van der Waals surface area contributed by atoms with Crippen LogP contribution in [0, 0.1) is 0 Å². The molecule has 3 aromatic rings. The van der Waals surface area contributed by atoms with Crippen molar-refractivity contribution < 1.29 is 9.53 Å². The van der Waals surface area contributed by atoms with E-state index in [9.17, 15) is 4.79 Å². The number of ether oxygens (including phenoxy) is 1. The van der Waals surface area contributed by atoms with Gasteiger partial charge in [-0.3, -0.25) is 10.1 Å². The first kappa shape index (κ1) is 16.2. The van der Waals surface area contributed by atoms with Crippen molar-refractivity contribution in [2.45, 2.75) is 0 Å². The lowest BCUT2D eigenvalue weighted by Crippen LogP contribution is -2.33. The number of carbonyl (C=O) groups is 1. The molecule has 120 valence electrons. The van der Waals surface area contributed by atoms with Crippen molar-refractivity contribution in [1.82, 2.24) is 5.32 Å². The van der Waals surface area contributed by atoms with Crippen LogP contribution in [-0.2, 0) is 0 Å². The van der Waals surface area contributed by atoms with Gasteiger partial charge in [0.1, 0.15) is 11.5 Å². The van der Waals surface area contributed by atoms with Crippen molar-refractivity contribution in [2.24, 2.45) is 0 Å². The quantitative estimate of drug-likeness (QED) is 0.669. The number of hydrogen-bond donors (Lipinski definition) is 2. The summed E-state index contributed by atoms with van der Waals surface area (Å²) in [5.74, 6) is 1.28. The Balaban J connectivity index is 1.56. The zero-order valence-electron chi connectivity index (χ0n) is 12.6. The van der Waals surface area contributed by atoms with Gasteiger partial charge in [-0.1, -0.05) is 24.3 Å². The second-order valence-electron chi connectivity index (χ2n) is 4.83. The predicted molar refractivity (Wildman–Crippen MR) is 101 cm³/mol. The summed E-state index contributed by atoms with van der Waals surface area (Å²) in [6.45, 7) is 0. The molecule has 0 aliphatic carbocycles. The van der Waals surface area contributed by atoms with E-state index in [-0.39, 0.29) is 11.0 Å². The van der Waals surface area contributed by atoms with Crippen LogP contribution in [0.5, 0.6) is 11.5 Å². The maximum absolute atomic E-state index is 11.9. The Morgan fingerprint density at radius 1 is 0.917 bits per heavy atom. The predicted octanol–water partition coefficient (Wildman–Crippen LogP) is 4.67. The maximum atomic E-state index is 11.9. The second-order valence-corrected chi connectivity index (χ2v) is 6.18. The van der Waals surface area contributed by atoms with Gasteiger partial charge in [-0.2, -0.15) is 0 Å². The van der Waals surface area contributed by atoms with Crippen LogP contribution in [0.1, 0.15) is 9.67 Å². The molecule has 0 radical (unpaired) electrons. The highest BCUT2D eigenvalue weighted by Gasteiger charge is 2.08. The molecule has 3 rings (SSSR count). The molecule has 2 N–H and O–H groups in total. The molecule has 0 aliphatic heterocycles. The van der Waals surface area contributed by atoms with E-state index in [1.807, 2.05) is 66.0 Å². The molecule has 24 heavy (non-hydrogen) atoms. The third-order valence-corrected chi connectivity index (χ3v) is 4.14. The average molecular weight is 354 g/mol. The lowest BCUT2D eigenvalue weighted by atomic mass is 10.3. The fraction of sp³-hybridized carbons (Fsp3) is 0. The number of rotatable bonds is 4. The van der Waals surface area contributed by atoms with Gasteiger partial charge >= 0.3 is 0 Å². The molecular weight excluding hydrogens is 340 g/mol. The molecule has 0 unspecified atom stereocenters. The molecule has 1 aromatic heterocycles. The topological polar surface area (TPSA) is 50.4 Å². The van der Waals surface area contributed by atoms with Gasteiger partial charge in [0.05, 0.1) is 4.88 Å². The van der Waals surface area contributed by atoms with E-state index in [4.69, 9.17) is 17.0 Å². The van der Waals surface area contributed by atoms with Crippen LogP contribution in [0.3, 0.4) is 0 Å². The van der Waals surface area contributed by atoms with E-state index in [2.05, 4.69) is 10.6 Å². The Morgan fingerprint density at radius 2 is 1.62 bits per heavy atom. The largest absolute Gasteiger partial charge is 0.457 e. The summed E-state index contributed by atoms with van der Waals surface area (Å²) in [4.78, 5) is 12.5. The minimum absolute atomic E-state index is 0.216. The minimum atomic E-state index is -0.216. The molecule has 0 aliphatic rings. The van der Waals surface area contributed by atoms with Crippen LogP contribution in [-0.4, -0.2) is 11.0 Å². The lowest BCUT2D eigenvalue weighted by Gasteiger charge is -2.10. The lowest BCUT2D eigenvalue weighted by molar-refractivity contribution is 0.0981. The Kier molecular flexibility index (Phi) is 5.20. The molecule has 0 fully saturated rings. The zero-order valence-corrected chi connectivity index (χ0v) is 14.2. The average Bonchev–Trinajstić information content (AvgIpc) is 3.12. The molecule has 1 heterocycles. The van der Waals surface area contributed by atoms with Crippen molar-refractivity contribution in [1.29, 1.82) is 0 Å². The van der Waals surface area contributed by atoms with E-state index in [0.29, 0.717) is 4.88 Å². The van der Waals surface area contributed by atoms with Crippen LogP contribution in [0.4, 0.5) is 5.69 Å². The third-order valence-electron chi connectivity index (χ3n) is 3.06. The van der Waals surface area contributed by atoms with Crippen LogP contribution in [0.25, 0.3) is 0 Å². The summed E-state index contributed by atoms with van der Waals surface area (Å²) in [5, 5.41) is 7.72. The van der Waals surface area contributed by atoms with E-state index < -0.39 is 0 Å². The Labute approximate surface area is 149 Å². The van der Waals surface area contributed by atoms with Crippen molar-refractivity contribution in [2.75, 3.05) is 5.32 Å². The number of thiocarbonyl (C=S) groups is 1. The summed E-state index contributed by atoms with van der Waals surface area (Å²) >= 11 is 6.52. The van der Waals surface area contributed by atoms with Gasteiger partial charge in [0.15, 0.2) is 5.11 Å². The number of carbonyl (C=O) groups excluding carboxylic acids is 1. The van der Waals surface area contributed by atoms with Gasteiger partial charge in [-0.15, -0.1) is 11.3 Å². The molecule has 0 bridgehead atoms. The maximum Gasteiger partial charge on any atom is 0.267 e. The first-order valence-corrected chi connectivity index (χ1v) is 8.48. The van der Waals surface area contributed by atoms with E-state index >= 15 is 0 Å². The molecule has 2 aromatic carbocycles. The van der Waals surface area contributed by atoms with Gasteiger partial charge in [0.2, 0.25) is 0 Å². The minimum Gasteiger partial charge on any atom is -0.457 e. The smallest absolute Gasteiger partial charge is 0.267 e. The van der Waals surface area contributed by atoms with E-state index in [1.54, 1.807) is 6.07 Å². The first-order valence-electron chi connectivity index (χ1n) is 7.19. The Morgan fingerprint density at radius 3 is 2.29 bits per heavy atom. The highest BCUT2D eigenvalue weighted by Crippen LogP contribution is 2.22. The van der Waals surface area contributed by atoms with E-state index in [1.165, 1.54) is 11.3 Å². The molecule has 0 saturated carbocycles. The third kappa shape index (κ3) is 4.41. The van der Waals surface area contributed by atoms with Crippen LogP contribution >= 0.6 is 23.6 Å². The van der Waals surface area contributed by atoms with Crippen molar-refractivity contribution in [3.63, 3.8) is 0 Å². The van der Waals surface area contributed by atoms with E-state index in [0.717, 1.165) is 17.2 Å². The summed E-state index contributed by atoms with van der Waals surface area (Å²) in [6.07, 6.45) is 0. The standard InChI is InChI=1S/C18H14N2O2S2/c21-17(16-7-4-12-24-16)20-18(23)19-13-8-10-15(11-9-13)22-14-5-2-1-3-6-14/h1-12H,(H2,19,20,21,23). The fourth-order valence-corrected chi connectivity index (χ4v) is 2.80. The van der Waals surface area contributed by atoms with Crippen LogP contribution in [0.2, 0.25) is 0 Å². The highest BCUT2D eigenvalue weighted by atomic mass is 32.1. The Bertz CT molecular complexity index is 816. The number of para-hydroxylation sites is 1. The SMILES string of the molecule is O=C(NC(=S)Nc1ccc(Oc2ccccc2)cc1)c1cccs1. The second kappa shape index (κ2) is 7.72. The van der Waals surface area contributed by atoms with Crippen molar-refractivity contribution >= 4 is 40.3 Å². The molecule has 0 spiro atoms. The summed E-state index contributed by atoms with van der Waals surface area (Å²) in [7, 11) is 0. The van der Waals surface area contributed by atoms with Gasteiger partial charge in [-0.25, -0.2) is 0 Å². The van der Waals surface area contributed by atoms with Gasteiger partial charge in [0.25, 0.3) is 5.91 Å². The number of benzene rings is 2. The first-order chi connectivity index (χ1) is 11.7. The summed E-state index contributed by atoms with van der Waals surface area (Å²) in [6, 6.07) is 20.5. The number of anilines is 1. The summed E-state index contributed by atoms with van der Waals surface area (Å²) in [5.41, 5.74) is 0.770. The number of nitrogens with one attached hydrogen (secondary N) is 2. The zero-order chi connectivity index (χ0) is 16.8. The van der Waals surface area contributed by atoms with Crippen LogP contribution in [0.15, 0.2) is 72.1 Å². The number of amides is 1. The Hall–Kier alpha value is -2.70. The molecule has 0 saturated heterocycles. The monoisotopic (exact) mass is 354 g/mol. The fourth-order valence-electron chi connectivity index (χ4n) is 1.97. The number of hydrogen-bond acceptors (Lipinski definition) is 4.